The average Bonchev–Trinajstić information content (AvgIpc) is 2.02. The van der Waals surface area contributed by atoms with Gasteiger partial charge in [-0.25, -0.2) is 0 Å². The fraction of sp³-hybridized carbons (Fsp3) is 0.900. The van der Waals surface area contributed by atoms with E-state index in [0.29, 0.717) is 12.3 Å². The van der Waals surface area contributed by atoms with Gasteiger partial charge in [-0.15, -0.1) is 0 Å². The van der Waals surface area contributed by atoms with E-state index in [1.807, 2.05) is 27.7 Å². The van der Waals surface area contributed by atoms with Crippen molar-refractivity contribution in [2.45, 2.75) is 52.7 Å². The van der Waals surface area contributed by atoms with Crippen molar-refractivity contribution in [3.05, 3.63) is 0 Å². The largest absolute Gasteiger partial charge is 0.462 e. The smallest absolute Gasteiger partial charge is 0.323 e. The summed E-state index contributed by atoms with van der Waals surface area (Å²) in [6.45, 7) is 7.93. The van der Waals surface area contributed by atoms with Crippen LogP contribution in [0.5, 0.6) is 0 Å². The topological polar surface area (TPSA) is 52.3 Å². The Morgan fingerprint density at radius 3 is 2.31 bits per heavy atom. The first-order chi connectivity index (χ1) is 5.97. The van der Waals surface area contributed by atoms with Gasteiger partial charge in [0.1, 0.15) is 6.04 Å². The first kappa shape index (κ1) is 12.4. The van der Waals surface area contributed by atoms with Gasteiger partial charge in [-0.1, -0.05) is 20.8 Å². The molecular formula is C10H21NO2. The van der Waals surface area contributed by atoms with Crippen LogP contribution < -0.4 is 5.73 Å². The highest BCUT2D eigenvalue weighted by molar-refractivity contribution is 5.75. The molecule has 3 nitrogen and oxygen atoms in total. The second-order valence-electron chi connectivity index (χ2n) is 3.89. The summed E-state index contributed by atoms with van der Waals surface area (Å²) >= 11 is 0. The Hall–Kier alpha value is -0.570. The second kappa shape index (κ2) is 5.97. The van der Waals surface area contributed by atoms with Gasteiger partial charge in [0.15, 0.2) is 0 Å². The Labute approximate surface area is 80.6 Å². The van der Waals surface area contributed by atoms with Gasteiger partial charge >= 0.3 is 5.97 Å². The highest BCUT2D eigenvalue weighted by Gasteiger charge is 2.17. The Balaban J connectivity index is 3.82. The van der Waals surface area contributed by atoms with Crippen LogP contribution in [-0.2, 0) is 9.53 Å². The molecule has 2 N–H and O–H groups in total. The summed E-state index contributed by atoms with van der Waals surface area (Å²) in [5.74, 6) is 0.155. The van der Waals surface area contributed by atoms with Crippen molar-refractivity contribution in [2.75, 3.05) is 0 Å². The molecule has 0 heterocycles. The van der Waals surface area contributed by atoms with Crippen molar-refractivity contribution in [1.82, 2.24) is 0 Å². The lowest BCUT2D eigenvalue weighted by Crippen LogP contribution is -2.35. The fourth-order valence-corrected chi connectivity index (χ4v) is 0.973. The second-order valence-corrected chi connectivity index (χ2v) is 3.89. The highest BCUT2D eigenvalue weighted by Crippen LogP contribution is 2.06. The van der Waals surface area contributed by atoms with Gasteiger partial charge in [0.2, 0.25) is 0 Å². The normalized spacial score (nSPS) is 15.5. The Bertz CT molecular complexity index is 157. The SMILES string of the molecule is CC[C@@H](C)OC(=O)[C@H](N)CC(C)C. The molecule has 0 fully saturated rings. The van der Waals surface area contributed by atoms with E-state index in [2.05, 4.69) is 0 Å². The number of esters is 1. The zero-order valence-corrected chi connectivity index (χ0v) is 9.04. The molecule has 0 unspecified atom stereocenters. The third-order valence-corrected chi connectivity index (χ3v) is 1.92. The molecule has 0 aromatic heterocycles. The molecule has 2 atom stereocenters. The number of hydrogen-bond donors (Lipinski definition) is 1. The van der Waals surface area contributed by atoms with Crippen LogP contribution in [0.3, 0.4) is 0 Å². The summed E-state index contributed by atoms with van der Waals surface area (Å²) < 4.78 is 5.10. The molecule has 0 rings (SSSR count). The van der Waals surface area contributed by atoms with Gasteiger partial charge in [-0.3, -0.25) is 4.79 Å². The number of ether oxygens (including phenoxy) is 1. The van der Waals surface area contributed by atoms with Crippen LogP contribution in [0.15, 0.2) is 0 Å². The average molecular weight is 187 g/mol. The summed E-state index contributed by atoms with van der Waals surface area (Å²) in [7, 11) is 0. The standard InChI is InChI=1S/C10H21NO2/c1-5-8(4)13-10(12)9(11)6-7(2)3/h7-9H,5-6,11H2,1-4H3/t8-,9-/m1/s1. The minimum Gasteiger partial charge on any atom is -0.462 e. The molecule has 78 valence electrons. The summed E-state index contributed by atoms with van der Waals surface area (Å²) in [6.07, 6.45) is 1.50. The first-order valence-corrected chi connectivity index (χ1v) is 4.93. The van der Waals surface area contributed by atoms with Crippen LogP contribution in [0.1, 0.15) is 40.5 Å². The molecule has 0 radical (unpaired) electrons. The van der Waals surface area contributed by atoms with Gasteiger partial charge in [-0.05, 0) is 25.7 Å². The van der Waals surface area contributed by atoms with E-state index < -0.39 is 6.04 Å². The minimum absolute atomic E-state index is 0.0225. The maximum atomic E-state index is 11.3. The molecule has 0 aromatic rings. The molecule has 0 aromatic carbocycles. The summed E-state index contributed by atoms with van der Waals surface area (Å²) in [5, 5.41) is 0. The number of carbonyl (C=O) groups is 1. The molecule has 0 aliphatic rings. The summed E-state index contributed by atoms with van der Waals surface area (Å²) in [5.41, 5.74) is 5.65. The van der Waals surface area contributed by atoms with E-state index in [9.17, 15) is 4.79 Å². The van der Waals surface area contributed by atoms with E-state index in [1.165, 1.54) is 0 Å². The fourth-order valence-electron chi connectivity index (χ4n) is 0.973. The molecule has 0 amide bonds. The predicted molar refractivity (Wildman–Crippen MR) is 53.3 cm³/mol. The molecule has 0 saturated carbocycles. The van der Waals surface area contributed by atoms with E-state index in [-0.39, 0.29) is 12.1 Å². The van der Waals surface area contributed by atoms with Crippen molar-refractivity contribution in [3.63, 3.8) is 0 Å². The zero-order valence-electron chi connectivity index (χ0n) is 9.04. The number of rotatable bonds is 5. The van der Waals surface area contributed by atoms with Gasteiger partial charge in [0.25, 0.3) is 0 Å². The van der Waals surface area contributed by atoms with Crippen LogP contribution >= 0.6 is 0 Å². The van der Waals surface area contributed by atoms with E-state index in [1.54, 1.807) is 0 Å². The summed E-state index contributed by atoms with van der Waals surface area (Å²) in [6, 6.07) is -0.464. The van der Waals surface area contributed by atoms with Crippen molar-refractivity contribution in [2.24, 2.45) is 11.7 Å². The lowest BCUT2D eigenvalue weighted by atomic mass is 10.0. The number of hydrogen-bond acceptors (Lipinski definition) is 3. The van der Waals surface area contributed by atoms with Crippen molar-refractivity contribution >= 4 is 5.97 Å². The van der Waals surface area contributed by atoms with Crippen LogP contribution in [0.4, 0.5) is 0 Å². The van der Waals surface area contributed by atoms with Crippen LogP contribution in [-0.4, -0.2) is 18.1 Å². The van der Waals surface area contributed by atoms with Gasteiger partial charge in [0.05, 0.1) is 6.10 Å². The molecule has 3 heteroatoms. The lowest BCUT2D eigenvalue weighted by Gasteiger charge is -2.16. The molecule has 0 spiro atoms. The molecule has 0 bridgehead atoms. The van der Waals surface area contributed by atoms with Crippen LogP contribution in [0.2, 0.25) is 0 Å². The highest BCUT2D eigenvalue weighted by atomic mass is 16.5. The number of nitrogens with two attached hydrogens (primary N) is 1. The van der Waals surface area contributed by atoms with E-state index >= 15 is 0 Å². The van der Waals surface area contributed by atoms with Gasteiger partial charge in [-0.2, -0.15) is 0 Å². The Kier molecular flexibility index (Phi) is 5.71. The zero-order chi connectivity index (χ0) is 10.4. The third kappa shape index (κ3) is 5.64. The first-order valence-electron chi connectivity index (χ1n) is 4.93. The van der Waals surface area contributed by atoms with Crippen molar-refractivity contribution < 1.29 is 9.53 Å². The molecule has 13 heavy (non-hydrogen) atoms. The van der Waals surface area contributed by atoms with Crippen LogP contribution in [0, 0.1) is 5.92 Å². The predicted octanol–water partition coefficient (Wildman–Crippen LogP) is 1.70. The monoisotopic (exact) mass is 187 g/mol. The van der Waals surface area contributed by atoms with Crippen molar-refractivity contribution in [1.29, 1.82) is 0 Å². The Morgan fingerprint density at radius 2 is 1.92 bits per heavy atom. The maximum Gasteiger partial charge on any atom is 0.323 e. The lowest BCUT2D eigenvalue weighted by molar-refractivity contribution is -0.150. The van der Waals surface area contributed by atoms with Crippen molar-refractivity contribution in [3.8, 4) is 0 Å². The molecule has 0 aliphatic carbocycles. The maximum absolute atomic E-state index is 11.3. The minimum atomic E-state index is -0.464. The van der Waals surface area contributed by atoms with Gasteiger partial charge < -0.3 is 10.5 Å². The molecule has 0 aliphatic heterocycles. The van der Waals surface area contributed by atoms with E-state index in [0.717, 1.165) is 6.42 Å². The Morgan fingerprint density at radius 1 is 1.38 bits per heavy atom. The summed E-state index contributed by atoms with van der Waals surface area (Å²) in [4.78, 5) is 11.3. The third-order valence-electron chi connectivity index (χ3n) is 1.92. The van der Waals surface area contributed by atoms with Gasteiger partial charge in [0, 0.05) is 0 Å². The quantitative estimate of drug-likeness (QED) is 0.666. The number of carbonyl (C=O) groups excluding carboxylic acids is 1. The molecular weight excluding hydrogens is 166 g/mol. The van der Waals surface area contributed by atoms with Crippen LogP contribution in [0.25, 0.3) is 0 Å². The van der Waals surface area contributed by atoms with E-state index in [4.69, 9.17) is 10.5 Å². The molecule has 0 saturated heterocycles.